The molecule has 1 unspecified atom stereocenters. The van der Waals surface area contributed by atoms with E-state index in [0.29, 0.717) is 5.92 Å². The van der Waals surface area contributed by atoms with Crippen LogP contribution in [0.25, 0.3) is 0 Å². The first-order chi connectivity index (χ1) is 7.81. The lowest BCUT2D eigenvalue weighted by atomic mass is 10.1. The molecule has 1 aliphatic carbocycles. The van der Waals surface area contributed by atoms with E-state index in [1.54, 1.807) is 0 Å². The monoisotopic (exact) mass is 239 g/mol. The molecule has 0 aromatic carbocycles. The summed E-state index contributed by atoms with van der Waals surface area (Å²) in [5.74, 6) is 1.53. The van der Waals surface area contributed by atoms with E-state index in [-0.39, 0.29) is 0 Å². The van der Waals surface area contributed by atoms with Gasteiger partial charge in [-0.1, -0.05) is 13.8 Å². The molecule has 3 nitrogen and oxygen atoms in total. The lowest BCUT2D eigenvalue weighted by molar-refractivity contribution is 0.647. The number of hydrogen-bond donors (Lipinski definition) is 1. The Bertz CT molecular complexity index is 320. The van der Waals surface area contributed by atoms with Gasteiger partial charge in [-0.2, -0.15) is 0 Å². The Morgan fingerprint density at radius 3 is 2.94 bits per heavy atom. The van der Waals surface area contributed by atoms with Gasteiger partial charge in [-0.3, -0.25) is 0 Å². The molecule has 1 aliphatic rings. The summed E-state index contributed by atoms with van der Waals surface area (Å²) in [7, 11) is 0. The van der Waals surface area contributed by atoms with Gasteiger partial charge in [-0.05, 0) is 38.3 Å². The van der Waals surface area contributed by atoms with Crippen LogP contribution in [0.15, 0.2) is 0 Å². The minimum Gasteiger partial charge on any atom is -0.317 e. The summed E-state index contributed by atoms with van der Waals surface area (Å²) in [4.78, 5) is 0. The molecule has 1 fully saturated rings. The van der Waals surface area contributed by atoms with Crippen LogP contribution in [-0.4, -0.2) is 23.3 Å². The van der Waals surface area contributed by atoms with Crippen molar-refractivity contribution in [3.8, 4) is 0 Å². The summed E-state index contributed by atoms with van der Waals surface area (Å²) in [5, 5.41) is 14.4. The zero-order chi connectivity index (χ0) is 11.4. The summed E-state index contributed by atoms with van der Waals surface area (Å²) in [6.45, 7) is 6.57. The van der Waals surface area contributed by atoms with Gasteiger partial charge in [0, 0.05) is 12.3 Å². The van der Waals surface area contributed by atoms with E-state index in [4.69, 9.17) is 0 Å². The molecule has 90 valence electrons. The Labute approximate surface area is 102 Å². The zero-order valence-corrected chi connectivity index (χ0v) is 11.0. The number of rotatable bonds is 7. The normalized spacial score (nSPS) is 17.6. The first-order valence-electron chi connectivity index (χ1n) is 6.34. The number of nitrogens with one attached hydrogen (secondary N) is 1. The molecule has 0 amide bonds. The average Bonchev–Trinajstić information content (AvgIpc) is 3.03. The molecule has 1 saturated carbocycles. The summed E-state index contributed by atoms with van der Waals surface area (Å²) >= 11 is 1.82. The van der Waals surface area contributed by atoms with Crippen LogP contribution in [0.2, 0.25) is 0 Å². The lowest BCUT2D eigenvalue weighted by Gasteiger charge is -2.02. The molecule has 0 bridgehead atoms. The van der Waals surface area contributed by atoms with E-state index in [2.05, 4.69) is 29.4 Å². The fourth-order valence-electron chi connectivity index (χ4n) is 1.89. The van der Waals surface area contributed by atoms with Gasteiger partial charge in [0.25, 0.3) is 0 Å². The van der Waals surface area contributed by atoms with Gasteiger partial charge in [0.2, 0.25) is 0 Å². The average molecular weight is 239 g/mol. The van der Waals surface area contributed by atoms with Crippen LogP contribution < -0.4 is 5.32 Å². The van der Waals surface area contributed by atoms with Crippen molar-refractivity contribution in [2.45, 2.75) is 45.4 Å². The molecule has 1 heterocycles. The Hall–Kier alpha value is -0.480. The largest absolute Gasteiger partial charge is 0.317 e. The van der Waals surface area contributed by atoms with Crippen molar-refractivity contribution in [1.29, 1.82) is 0 Å². The van der Waals surface area contributed by atoms with Crippen LogP contribution in [-0.2, 0) is 6.42 Å². The Morgan fingerprint density at radius 2 is 2.25 bits per heavy atom. The molecule has 0 radical (unpaired) electrons. The molecule has 0 saturated heterocycles. The predicted molar refractivity (Wildman–Crippen MR) is 67.9 cm³/mol. The van der Waals surface area contributed by atoms with Crippen LogP contribution in [0.5, 0.6) is 0 Å². The third-order valence-electron chi connectivity index (χ3n) is 3.20. The number of aromatic nitrogens is 2. The van der Waals surface area contributed by atoms with E-state index < -0.39 is 0 Å². The van der Waals surface area contributed by atoms with Crippen LogP contribution in [0.3, 0.4) is 0 Å². The third-order valence-corrected chi connectivity index (χ3v) is 4.38. The molecule has 1 atom stereocenters. The van der Waals surface area contributed by atoms with E-state index in [0.717, 1.165) is 25.4 Å². The molecule has 4 heteroatoms. The van der Waals surface area contributed by atoms with E-state index in [9.17, 15) is 0 Å². The van der Waals surface area contributed by atoms with Gasteiger partial charge >= 0.3 is 0 Å². The second-order valence-corrected chi connectivity index (χ2v) is 5.71. The highest BCUT2D eigenvalue weighted by molar-refractivity contribution is 7.11. The second-order valence-electron chi connectivity index (χ2n) is 4.62. The molecule has 1 aromatic heterocycles. The van der Waals surface area contributed by atoms with E-state index in [1.807, 2.05) is 11.3 Å². The standard InChI is InChI=1S/C12H21N3S/c1-3-13-8-4-5-11-14-15-12(16-11)9(2)10-6-7-10/h9-10,13H,3-8H2,1-2H3. The maximum Gasteiger partial charge on any atom is 0.120 e. The van der Waals surface area contributed by atoms with Crippen molar-refractivity contribution >= 4 is 11.3 Å². The molecular weight excluding hydrogens is 218 g/mol. The predicted octanol–water partition coefficient (Wildman–Crippen LogP) is 2.59. The number of aryl methyl sites for hydroxylation is 1. The van der Waals surface area contributed by atoms with Gasteiger partial charge < -0.3 is 5.32 Å². The van der Waals surface area contributed by atoms with E-state index in [1.165, 1.54) is 29.3 Å². The summed E-state index contributed by atoms with van der Waals surface area (Å²) in [6, 6.07) is 0. The summed E-state index contributed by atoms with van der Waals surface area (Å²) in [6.07, 6.45) is 5.01. The van der Waals surface area contributed by atoms with Gasteiger partial charge in [0.05, 0.1) is 0 Å². The molecular formula is C12H21N3S. The van der Waals surface area contributed by atoms with Crippen molar-refractivity contribution in [3.05, 3.63) is 10.0 Å². The van der Waals surface area contributed by atoms with Crippen molar-refractivity contribution < 1.29 is 0 Å². The first kappa shape index (κ1) is 12.0. The lowest BCUT2D eigenvalue weighted by Crippen LogP contribution is -2.14. The highest BCUT2D eigenvalue weighted by atomic mass is 32.1. The summed E-state index contributed by atoms with van der Waals surface area (Å²) in [5.41, 5.74) is 0. The highest BCUT2D eigenvalue weighted by Crippen LogP contribution is 2.42. The minimum atomic E-state index is 0.639. The molecule has 0 spiro atoms. The van der Waals surface area contributed by atoms with Crippen molar-refractivity contribution in [3.63, 3.8) is 0 Å². The topological polar surface area (TPSA) is 37.8 Å². The van der Waals surface area contributed by atoms with Gasteiger partial charge in [-0.15, -0.1) is 21.5 Å². The Kier molecular flexibility index (Phi) is 4.29. The van der Waals surface area contributed by atoms with Crippen LogP contribution in [0, 0.1) is 5.92 Å². The fraction of sp³-hybridized carbons (Fsp3) is 0.833. The third kappa shape index (κ3) is 3.25. The maximum absolute atomic E-state index is 4.32. The zero-order valence-electron chi connectivity index (χ0n) is 10.2. The van der Waals surface area contributed by atoms with Crippen LogP contribution in [0.4, 0.5) is 0 Å². The number of hydrogen-bond acceptors (Lipinski definition) is 4. The van der Waals surface area contributed by atoms with Crippen molar-refractivity contribution in [2.24, 2.45) is 5.92 Å². The minimum absolute atomic E-state index is 0.639. The molecule has 0 aliphatic heterocycles. The first-order valence-corrected chi connectivity index (χ1v) is 7.16. The highest BCUT2D eigenvalue weighted by Gasteiger charge is 2.31. The Morgan fingerprint density at radius 1 is 1.44 bits per heavy atom. The Balaban J connectivity index is 1.77. The van der Waals surface area contributed by atoms with E-state index >= 15 is 0 Å². The van der Waals surface area contributed by atoms with Crippen LogP contribution in [0.1, 0.15) is 49.0 Å². The maximum atomic E-state index is 4.32. The molecule has 16 heavy (non-hydrogen) atoms. The molecule has 1 N–H and O–H groups in total. The fourth-order valence-corrected chi connectivity index (χ4v) is 2.92. The van der Waals surface area contributed by atoms with Crippen LogP contribution >= 0.6 is 11.3 Å². The molecule has 2 rings (SSSR count). The quantitative estimate of drug-likeness (QED) is 0.743. The van der Waals surface area contributed by atoms with Crippen molar-refractivity contribution in [1.82, 2.24) is 15.5 Å². The van der Waals surface area contributed by atoms with Crippen molar-refractivity contribution in [2.75, 3.05) is 13.1 Å². The summed E-state index contributed by atoms with van der Waals surface area (Å²) < 4.78 is 0. The van der Waals surface area contributed by atoms with Gasteiger partial charge in [-0.25, -0.2) is 0 Å². The molecule has 1 aromatic rings. The number of nitrogens with zero attached hydrogens (tertiary/aromatic N) is 2. The SMILES string of the molecule is CCNCCCc1nnc(C(C)C2CC2)s1. The van der Waals surface area contributed by atoms with Gasteiger partial charge in [0.15, 0.2) is 0 Å². The second kappa shape index (κ2) is 5.73. The smallest absolute Gasteiger partial charge is 0.120 e. The van der Waals surface area contributed by atoms with Gasteiger partial charge in [0.1, 0.15) is 10.0 Å².